The molecule has 0 saturated heterocycles. The molecule has 160 valence electrons. The number of rotatable bonds is 12. The minimum Gasteiger partial charge on any atom is -0.368 e. The molecule has 0 aliphatic heterocycles. The highest BCUT2D eigenvalue weighted by atomic mass is 16.7. The Kier molecular flexibility index (Phi) is 11.1. The first kappa shape index (κ1) is 25.0. The van der Waals surface area contributed by atoms with Crippen LogP contribution in [0, 0.1) is 16.0 Å². The zero-order valence-electron chi connectivity index (χ0n) is 16.3. The third kappa shape index (κ3) is 10.9. The topological polar surface area (TPSA) is 221 Å². The Morgan fingerprint density at radius 2 is 1.64 bits per heavy atom. The summed E-state index contributed by atoms with van der Waals surface area (Å²) >= 11 is 0. The molecule has 0 rings (SSSR count). The van der Waals surface area contributed by atoms with Crippen LogP contribution in [0.5, 0.6) is 0 Å². The van der Waals surface area contributed by atoms with E-state index in [4.69, 9.17) is 17.2 Å². The normalized spacial score (nSPS) is 14.7. The van der Waals surface area contributed by atoms with E-state index in [1.165, 1.54) is 6.92 Å². The first-order valence-corrected chi connectivity index (χ1v) is 8.80. The van der Waals surface area contributed by atoms with E-state index in [0.29, 0.717) is 6.42 Å². The predicted molar refractivity (Wildman–Crippen MR) is 102 cm³/mol. The van der Waals surface area contributed by atoms with E-state index in [9.17, 15) is 24.5 Å². The van der Waals surface area contributed by atoms with Crippen molar-refractivity contribution in [3.05, 3.63) is 10.1 Å². The second-order valence-corrected chi connectivity index (χ2v) is 6.72. The molecule has 0 aromatic heterocycles. The number of hydrogen-bond acceptors (Lipinski definition) is 7. The second kappa shape index (κ2) is 12.4. The highest BCUT2D eigenvalue weighted by molar-refractivity contribution is 5.92. The van der Waals surface area contributed by atoms with Gasteiger partial charge in [0.2, 0.25) is 17.7 Å². The summed E-state index contributed by atoms with van der Waals surface area (Å²) in [6.07, 6.45) is 0.776. The molecule has 0 spiro atoms. The summed E-state index contributed by atoms with van der Waals surface area (Å²) in [7, 11) is 0. The molecule has 0 aromatic carbocycles. The monoisotopic (exact) mass is 402 g/mol. The van der Waals surface area contributed by atoms with Gasteiger partial charge in [0.25, 0.3) is 5.96 Å². The largest absolute Gasteiger partial charge is 0.368 e. The van der Waals surface area contributed by atoms with Crippen molar-refractivity contribution in [3.63, 3.8) is 0 Å². The van der Waals surface area contributed by atoms with Crippen molar-refractivity contribution in [2.45, 2.75) is 58.2 Å². The number of guanidine groups is 1. The van der Waals surface area contributed by atoms with Gasteiger partial charge in [-0.1, -0.05) is 19.3 Å². The molecule has 13 nitrogen and oxygen atoms in total. The van der Waals surface area contributed by atoms with E-state index >= 15 is 0 Å². The van der Waals surface area contributed by atoms with Crippen molar-refractivity contribution < 1.29 is 19.4 Å². The molecule has 0 heterocycles. The van der Waals surface area contributed by atoms with Crippen LogP contribution in [0.2, 0.25) is 0 Å². The molecular weight excluding hydrogens is 372 g/mol. The number of carbonyl (C=O) groups excluding carboxylic acids is 3. The molecule has 0 saturated carbocycles. The van der Waals surface area contributed by atoms with Gasteiger partial charge in [-0.3, -0.25) is 14.4 Å². The maximum absolute atomic E-state index is 12.5. The van der Waals surface area contributed by atoms with Crippen molar-refractivity contribution in [1.82, 2.24) is 16.1 Å². The van der Waals surface area contributed by atoms with Gasteiger partial charge in [-0.15, -0.1) is 0 Å². The number of hydrogen-bond donors (Lipinski definition) is 6. The Bertz CT molecular complexity index is 593. The summed E-state index contributed by atoms with van der Waals surface area (Å²) in [6, 6.07) is -2.69. The fraction of sp³-hybridized carbons (Fsp3) is 0.733. The van der Waals surface area contributed by atoms with Crippen LogP contribution >= 0.6 is 0 Å². The van der Waals surface area contributed by atoms with Crippen LogP contribution in [0.1, 0.15) is 40.0 Å². The Morgan fingerprint density at radius 3 is 2.11 bits per heavy atom. The lowest BCUT2D eigenvalue weighted by atomic mass is 10.0. The Hall–Kier alpha value is -2.96. The first-order chi connectivity index (χ1) is 12.9. The summed E-state index contributed by atoms with van der Waals surface area (Å²) in [4.78, 5) is 49.9. The lowest BCUT2D eigenvalue weighted by Crippen LogP contribution is -2.55. The average molecular weight is 402 g/mol. The number of amides is 3. The van der Waals surface area contributed by atoms with Gasteiger partial charge in [-0.2, -0.15) is 0 Å². The molecule has 0 aromatic rings. The number of nitrogens with zero attached hydrogens (tertiary/aromatic N) is 2. The van der Waals surface area contributed by atoms with Gasteiger partial charge in [-0.05, 0) is 32.1 Å². The molecular formula is C15H30N8O5. The smallest absolute Gasteiger partial charge is 0.251 e. The minimum absolute atomic E-state index is 0.0791. The zero-order valence-corrected chi connectivity index (χ0v) is 16.3. The second-order valence-electron chi connectivity index (χ2n) is 6.72. The molecule has 0 fully saturated rings. The highest BCUT2D eigenvalue weighted by Gasteiger charge is 2.26. The van der Waals surface area contributed by atoms with Gasteiger partial charge < -0.3 is 27.8 Å². The molecule has 3 atom stereocenters. The Balaban J connectivity index is 4.99. The van der Waals surface area contributed by atoms with Gasteiger partial charge in [-0.25, -0.2) is 15.1 Å². The summed E-state index contributed by atoms with van der Waals surface area (Å²) in [5.74, 6) is -2.07. The maximum Gasteiger partial charge on any atom is 0.251 e. The summed E-state index contributed by atoms with van der Waals surface area (Å²) < 4.78 is 0. The van der Waals surface area contributed by atoms with Crippen molar-refractivity contribution in [1.29, 1.82) is 0 Å². The third-order valence-electron chi connectivity index (χ3n) is 3.55. The molecule has 0 bridgehead atoms. The van der Waals surface area contributed by atoms with E-state index in [2.05, 4.69) is 15.6 Å². The predicted octanol–water partition coefficient (Wildman–Crippen LogP) is -2.29. The number of aliphatic imine (C=N–C) groups is 1. The Morgan fingerprint density at radius 1 is 1.07 bits per heavy atom. The van der Waals surface area contributed by atoms with Crippen LogP contribution in [0.3, 0.4) is 0 Å². The third-order valence-corrected chi connectivity index (χ3v) is 3.55. The maximum atomic E-state index is 12.5. The standard InChI is InChI=1S/C15H30N8O5/c1-8(2)7-11(12(17)24)21-14(26)10(20-13(25)9(3)16)5-4-6-19-15(18)22-23(27)28/h8-11H,4-7,16H2,1-3H3,(H2,17,24)(H,20,25)(H,21,26)(H3,18,19,22)/t9-,10-,11-/m0/s1. The van der Waals surface area contributed by atoms with Crippen LogP contribution in [0.15, 0.2) is 4.99 Å². The van der Waals surface area contributed by atoms with E-state index in [1.807, 2.05) is 13.8 Å². The minimum atomic E-state index is -0.979. The molecule has 0 radical (unpaired) electrons. The number of carbonyl (C=O) groups is 3. The SMILES string of the molecule is CC(C)C[C@H](NC(=O)[C@H](CCCN=C(N)N[N+](=O)[O-])NC(=O)[C@H](C)N)C(N)=O. The molecule has 0 unspecified atom stereocenters. The number of nitrogens with one attached hydrogen (secondary N) is 3. The zero-order chi connectivity index (χ0) is 21.9. The van der Waals surface area contributed by atoms with Crippen LogP contribution in [-0.2, 0) is 14.4 Å². The van der Waals surface area contributed by atoms with Crippen LogP contribution in [-0.4, -0.2) is 53.4 Å². The van der Waals surface area contributed by atoms with Crippen LogP contribution in [0.4, 0.5) is 0 Å². The highest BCUT2D eigenvalue weighted by Crippen LogP contribution is 2.06. The molecule has 28 heavy (non-hydrogen) atoms. The van der Waals surface area contributed by atoms with E-state index in [-0.39, 0.29) is 31.3 Å². The number of nitro groups is 1. The number of primary amides is 1. The fourth-order valence-corrected chi connectivity index (χ4v) is 2.19. The van der Waals surface area contributed by atoms with Gasteiger partial charge in [0.15, 0.2) is 5.03 Å². The first-order valence-electron chi connectivity index (χ1n) is 8.80. The van der Waals surface area contributed by atoms with Crippen molar-refractivity contribution in [2.75, 3.05) is 6.54 Å². The van der Waals surface area contributed by atoms with Gasteiger partial charge >= 0.3 is 0 Å². The quantitative estimate of drug-likeness (QED) is 0.0683. The van der Waals surface area contributed by atoms with Crippen molar-refractivity contribution in [3.8, 4) is 0 Å². The molecule has 3 amide bonds. The Labute approximate surface area is 163 Å². The van der Waals surface area contributed by atoms with Gasteiger partial charge in [0.1, 0.15) is 12.1 Å². The summed E-state index contributed by atoms with van der Waals surface area (Å²) in [6.45, 7) is 5.29. The lowest BCUT2D eigenvalue weighted by Gasteiger charge is -2.23. The van der Waals surface area contributed by atoms with Crippen LogP contribution in [0.25, 0.3) is 0 Å². The van der Waals surface area contributed by atoms with E-state index in [0.717, 1.165) is 0 Å². The number of hydrazine groups is 1. The fourth-order valence-electron chi connectivity index (χ4n) is 2.19. The lowest BCUT2D eigenvalue weighted by molar-refractivity contribution is -0.525. The molecule has 0 aliphatic rings. The number of nitrogens with two attached hydrogens (primary N) is 3. The molecule has 13 heteroatoms. The van der Waals surface area contributed by atoms with Crippen molar-refractivity contribution in [2.24, 2.45) is 28.1 Å². The summed E-state index contributed by atoms with van der Waals surface area (Å²) in [5, 5.41) is 14.4. The molecule has 9 N–H and O–H groups in total. The van der Waals surface area contributed by atoms with E-state index < -0.39 is 40.9 Å². The average Bonchev–Trinajstić information content (AvgIpc) is 2.55. The van der Waals surface area contributed by atoms with Crippen molar-refractivity contribution >= 4 is 23.7 Å². The molecule has 0 aliphatic carbocycles. The van der Waals surface area contributed by atoms with Crippen LogP contribution < -0.4 is 33.3 Å². The van der Waals surface area contributed by atoms with Gasteiger partial charge in [0.05, 0.1) is 6.04 Å². The van der Waals surface area contributed by atoms with E-state index in [1.54, 1.807) is 5.43 Å². The van der Waals surface area contributed by atoms with Gasteiger partial charge in [0, 0.05) is 6.54 Å². The summed E-state index contributed by atoms with van der Waals surface area (Å²) in [5.41, 5.74) is 17.8.